The van der Waals surface area contributed by atoms with E-state index in [0.29, 0.717) is 0 Å². The first-order chi connectivity index (χ1) is 19.6. The third-order valence-electron chi connectivity index (χ3n) is 7.66. The molecule has 40 heavy (non-hydrogen) atoms. The molecule has 7 aromatic rings. The number of aromatic nitrogens is 4. The zero-order valence-corrected chi connectivity index (χ0v) is 22.8. The van der Waals surface area contributed by atoms with Crippen LogP contribution in [0.25, 0.3) is 44.6 Å². The van der Waals surface area contributed by atoms with Gasteiger partial charge in [0.15, 0.2) is 0 Å². The van der Waals surface area contributed by atoms with E-state index in [9.17, 15) is 0 Å². The number of imidazole rings is 2. The molecule has 0 aliphatic carbocycles. The third-order valence-corrected chi connectivity index (χ3v) is 7.66. The molecule has 194 valence electrons. The van der Waals surface area contributed by atoms with Crippen LogP contribution in [0, 0.1) is 13.8 Å². The lowest BCUT2D eigenvalue weighted by molar-refractivity contribution is 0.786. The van der Waals surface area contributed by atoms with Crippen LogP contribution in [0.4, 0.5) is 0 Å². The Morgan fingerprint density at radius 1 is 0.500 bits per heavy atom. The van der Waals surface area contributed by atoms with Gasteiger partial charge in [0.2, 0.25) is 0 Å². The second-order valence-electron chi connectivity index (χ2n) is 10.5. The Morgan fingerprint density at radius 3 is 1.70 bits per heavy atom. The molecule has 5 aromatic carbocycles. The second kappa shape index (κ2) is 9.97. The van der Waals surface area contributed by atoms with Gasteiger partial charge in [-0.2, -0.15) is 0 Å². The molecular formula is C36H30N4. The van der Waals surface area contributed by atoms with E-state index in [1.807, 2.05) is 0 Å². The SMILES string of the molecule is Cc1cccc(-c2nc3ccc(-c4ccc5nc(C)n(Cc6ccccc6)c5c4)cc3n2Cc2ccccc2)c1. The minimum absolute atomic E-state index is 0.756. The van der Waals surface area contributed by atoms with Crippen molar-refractivity contribution in [2.24, 2.45) is 0 Å². The van der Waals surface area contributed by atoms with Crippen LogP contribution < -0.4 is 0 Å². The molecule has 0 aliphatic heterocycles. The number of hydrogen-bond acceptors (Lipinski definition) is 2. The van der Waals surface area contributed by atoms with Crippen LogP contribution in [0.1, 0.15) is 22.5 Å². The maximum absolute atomic E-state index is 5.12. The maximum Gasteiger partial charge on any atom is 0.141 e. The molecule has 0 radical (unpaired) electrons. The van der Waals surface area contributed by atoms with Crippen molar-refractivity contribution in [3.05, 3.63) is 144 Å². The lowest BCUT2D eigenvalue weighted by atomic mass is 10.0. The monoisotopic (exact) mass is 518 g/mol. The lowest BCUT2D eigenvalue weighted by Crippen LogP contribution is -2.02. The summed E-state index contributed by atoms with van der Waals surface area (Å²) >= 11 is 0. The number of hydrogen-bond donors (Lipinski definition) is 0. The number of benzene rings is 5. The van der Waals surface area contributed by atoms with Crippen molar-refractivity contribution in [3.8, 4) is 22.5 Å². The van der Waals surface area contributed by atoms with Crippen LogP contribution in [0.3, 0.4) is 0 Å². The lowest BCUT2D eigenvalue weighted by Gasteiger charge is -2.11. The molecule has 0 spiro atoms. The Labute approximate surface area is 234 Å². The standard InChI is InChI=1S/C36H30N4/c1-25-10-9-15-31(20-25)36-38-33-19-17-30(22-35(33)40(36)24-28-13-7-4-8-14-28)29-16-18-32-34(21-29)39(26(2)37-32)23-27-11-5-3-6-12-27/h3-22H,23-24H2,1-2H3. The van der Waals surface area contributed by atoms with Crippen molar-refractivity contribution >= 4 is 22.1 Å². The minimum Gasteiger partial charge on any atom is -0.324 e. The summed E-state index contributed by atoms with van der Waals surface area (Å²) in [5, 5.41) is 0. The number of rotatable bonds is 6. The van der Waals surface area contributed by atoms with Crippen LogP contribution in [0.5, 0.6) is 0 Å². The van der Waals surface area contributed by atoms with Gasteiger partial charge < -0.3 is 9.13 Å². The molecule has 2 heterocycles. The molecule has 0 bridgehead atoms. The van der Waals surface area contributed by atoms with Gasteiger partial charge in [-0.3, -0.25) is 0 Å². The summed E-state index contributed by atoms with van der Waals surface area (Å²) in [5.74, 6) is 2.02. The van der Waals surface area contributed by atoms with E-state index in [2.05, 4.69) is 144 Å². The summed E-state index contributed by atoms with van der Waals surface area (Å²) < 4.78 is 4.66. The molecule has 0 N–H and O–H groups in total. The van der Waals surface area contributed by atoms with Crippen LogP contribution in [0.15, 0.2) is 121 Å². The molecule has 0 saturated carbocycles. The highest BCUT2D eigenvalue weighted by atomic mass is 15.1. The maximum atomic E-state index is 5.12. The highest BCUT2D eigenvalue weighted by Crippen LogP contribution is 2.32. The van der Waals surface area contributed by atoms with Crippen molar-refractivity contribution in [2.45, 2.75) is 26.9 Å². The number of fused-ring (bicyclic) bond motifs is 2. The Balaban J connectivity index is 1.36. The summed E-state index contributed by atoms with van der Waals surface area (Å²) in [6.07, 6.45) is 0. The summed E-state index contributed by atoms with van der Waals surface area (Å²) in [5.41, 5.74) is 11.5. The van der Waals surface area contributed by atoms with Gasteiger partial charge in [0.05, 0.1) is 22.1 Å². The van der Waals surface area contributed by atoms with E-state index in [0.717, 1.165) is 52.4 Å². The van der Waals surface area contributed by atoms with Crippen molar-refractivity contribution < 1.29 is 0 Å². The predicted molar refractivity (Wildman–Crippen MR) is 164 cm³/mol. The van der Waals surface area contributed by atoms with E-state index in [1.54, 1.807) is 0 Å². The highest BCUT2D eigenvalue weighted by Gasteiger charge is 2.16. The molecule has 0 amide bonds. The van der Waals surface area contributed by atoms with Crippen LogP contribution in [-0.4, -0.2) is 19.1 Å². The van der Waals surface area contributed by atoms with E-state index in [1.165, 1.54) is 27.8 Å². The molecule has 2 aromatic heterocycles. The highest BCUT2D eigenvalue weighted by molar-refractivity contribution is 5.88. The number of nitrogens with zero attached hydrogens (tertiary/aromatic N) is 4. The molecule has 0 fully saturated rings. The van der Waals surface area contributed by atoms with Gasteiger partial charge in [0.1, 0.15) is 11.6 Å². The molecule has 0 unspecified atom stereocenters. The van der Waals surface area contributed by atoms with Gasteiger partial charge in [0, 0.05) is 18.7 Å². The van der Waals surface area contributed by atoms with Crippen LogP contribution >= 0.6 is 0 Å². The predicted octanol–water partition coefficient (Wildman–Crippen LogP) is 8.43. The Bertz CT molecular complexity index is 1960. The molecule has 0 saturated heterocycles. The zero-order valence-electron chi connectivity index (χ0n) is 22.8. The average Bonchev–Trinajstić information content (AvgIpc) is 3.50. The fourth-order valence-corrected chi connectivity index (χ4v) is 5.62. The van der Waals surface area contributed by atoms with E-state index < -0.39 is 0 Å². The molecular weight excluding hydrogens is 488 g/mol. The smallest absolute Gasteiger partial charge is 0.141 e. The van der Waals surface area contributed by atoms with Crippen molar-refractivity contribution in [1.82, 2.24) is 19.1 Å². The normalized spacial score (nSPS) is 11.4. The van der Waals surface area contributed by atoms with Gasteiger partial charge in [0.25, 0.3) is 0 Å². The van der Waals surface area contributed by atoms with E-state index in [-0.39, 0.29) is 0 Å². The first-order valence-electron chi connectivity index (χ1n) is 13.7. The summed E-state index contributed by atoms with van der Waals surface area (Å²) in [6.45, 7) is 5.78. The van der Waals surface area contributed by atoms with Crippen molar-refractivity contribution in [1.29, 1.82) is 0 Å². The first-order valence-corrected chi connectivity index (χ1v) is 13.7. The topological polar surface area (TPSA) is 35.6 Å². The third kappa shape index (κ3) is 4.48. The van der Waals surface area contributed by atoms with Gasteiger partial charge in [-0.25, -0.2) is 9.97 Å². The minimum atomic E-state index is 0.756. The fourth-order valence-electron chi connectivity index (χ4n) is 5.62. The van der Waals surface area contributed by atoms with Gasteiger partial charge in [-0.15, -0.1) is 0 Å². The summed E-state index contributed by atoms with van der Waals surface area (Å²) in [7, 11) is 0. The molecule has 4 heteroatoms. The van der Waals surface area contributed by atoms with Crippen molar-refractivity contribution in [3.63, 3.8) is 0 Å². The molecule has 0 atom stereocenters. The van der Waals surface area contributed by atoms with E-state index in [4.69, 9.17) is 9.97 Å². The second-order valence-corrected chi connectivity index (χ2v) is 10.5. The zero-order chi connectivity index (χ0) is 27.1. The number of aryl methyl sites for hydroxylation is 2. The summed E-state index contributed by atoms with van der Waals surface area (Å²) in [6, 6.07) is 43.0. The fraction of sp³-hybridized carbons (Fsp3) is 0.111. The van der Waals surface area contributed by atoms with E-state index >= 15 is 0 Å². The Hall–Kier alpha value is -4.96. The Kier molecular flexibility index (Phi) is 6.01. The Morgan fingerprint density at radius 2 is 1.07 bits per heavy atom. The van der Waals surface area contributed by atoms with Gasteiger partial charge in [-0.05, 0) is 66.4 Å². The largest absolute Gasteiger partial charge is 0.324 e. The van der Waals surface area contributed by atoms with Gasteiger partial charge >= 0.3 is 0 Å². The average molecular weight is 519 g/mol. The quantitative estimate of drug-likeness (QED) is 0.221. The van der Waals surface area contributed by atoms with Crippen LogP contribution in [0.2, 0.25) is 0 Å². The molecule has 7 rings (SSSR count). The first kappa shape index (κ1) is 24.1. The molecule has 0 aliphatic rings. The van der Waals surface area contributed by atoms with Crippen molar-refractivity contribution in [2.75, 3.05) is 0 Å². The molecule has 4 nitrogen and oxygen atoms in total. The van der Waals surface area contributed by atoms with Crippen LogP contribution in [-0.2, 0) is 13.1 Å². The summed E-state index contributed by atoms with van der Waals surface area (Å²) in [4.78, 5) is 9.97. The van der Waals surface area contributed by atoms with Gasteiger partial charge in [-0.1, -0.05) is 96.6 Å².